The molecule has 0 radical (unpaired) electrons. The van der Waals surface area contributed by atoms with E-state index in [0.717, 1.165) is 0 Å². The number of rotatable bonds is 6. The Kier molecular flexibility index (Phi) is 5.09. The molecule has 2 unspecified atom stereocenters. The summed E-state index contributed by atoms with van der Waals surface area (Å²) in [7, 11) is 3.32. The van der Waals surface area contributed by atoms with Crippen LogP contribution in [-0.2, 0) is 4.79 Å². The third kappa shape index (κ3) is 3.85. The van der Waals surface area contributed by atoms with Gasteiger partial charge in [-0.15, -0.1) is 0 Å². The van der Waals surface area contributed by atoms with E-state index >= 15 is 0 Å². The smallest absolute Gasteiger partial charge is 0.325 e. The lowest BCUT2D eigenvalue weighted by Crippen LogP contribution is -2.42. The molecule has 1 heterocycles. The van der Waals surface area contributed by atoms with Gasteiger partial charge in [-0.05, 0) is 36.9 Å². The van der Waals surface area contributed by atoms with E-state index in [0.29, 0.717) is 36.0 Å². The van der Waals surface area contributed by atoms with Gasteiger partial charge in [0.15, 0.2) is 11.5 Å². The number of likely N-dealkylation sites (N-methyl/N-ethyl adjacent to an activating group) is 1. The number of fused-ring (bicyclic) bond motifs is 1. The zero-order chi connectivity index (χ0) is 17.8. The fraction of sp³-hybridized carbons (Fsp3) is 0.316. The van der Waals surface area contributed by atoms with E-state index in [1.54, 1.807) is 43.3 Å². The van der Waals surface area contributed by atoms with Crippen LogP contribution in [0.2, 0.25) is 0 Å². The van der Waals surface area contributed by atoms with Gasteiger partial charge in [0.1, 0.15) is 24.5 Å². The number of carboxylic acids is 1. The van der Waals surface area contributed by atoms with Crippen LogP contribution in [0.1, 0.15) is 11.6 Å². The summed E-state index contributed by atoms with van der Waals surface area (Å²) in [5.74, 6) is 1.10. The van der Waals surface area contributed by atoms with Crippen molar-refractivity contribution in [3.8, 4) is 17.2 Å². The summed E-state index contributed by atoms with van der Waals surface area (Å²) >= 11 is 0. The van der Waals surface area contributed by atoms with E-state index in [1.165, 1.54) is 0 Å². The Balaban J connectivity index is 1.73. The Morgan fingerprint density at radius 2 is 2.04 bits per heavy atom. The van der Waals surface area contributed by atoms with Crippen LogP contribution in [-0.4, -0.2) is 49.4 Å². The van der Waals surface area contributed by atoms with Gasteiger partial charge >= 0.3 is 5.97 Å². The van der Waals surface area contributed by atoms with Crippen LogP contribution >= 0.6 is 0 Å². The van der Waals surface area contributed by atoms with Crippen molar-refractivity contribution in [2.24, 2.45) is 0 Å². The molecule has 2 atom stereocenters. The second-order valence-corrected chi connectivity index (χ2v) is 5.95. The number of ether oxygens (including phenoxy) is 3. The molecule has 0 spiro atoms. The number of aliphatic carboxylic acids is 1. The minimum Gasteiger partial charge on any atom is -0.497 e. The molecule has 1 N–H and O–H groups in total. The summed E-state index contributed by atoms with van der Waals surface area (Å²) in [6.07, 6.45) is -0.243. The average Bonchev–Trinajstić information content (AvgIpc) is 2.61. The number of carboxylic acid groups (broad SMARTS) is 1. The van der Waals surface area contributed by atoms with Gasteiger partial charge in [-0.1, -0.05) is 24.3 Å². The highest BCUT2D eigenvalue weighted by molar-refractivity contribution is 5.75. The van der Waals surface area contributed by atoms with Gasteiger partial charge in [-0.2, -0.15) is 0 Å². The standard InChI is InChI=1S/C19H21NO5/c1-20(11-15-12-24-16-8-3-4-9-17(16)25-15)18(19(21)22)13-6-5-7-14(10-13)23-2/h3-10,15,18H,11-12H2,1-2H3,(H,21,22). The fourth-order valence-electron chi connectivity index (χ4n) is 2.98. The second-order valence-electron chi connectivity index (χ2n) is 5.95. The molecule has 6 heteroatoms. The molecule has 0 bridgehead atoms. The van der Waals surface area contributed by atoms with Crippen LogP contribution in [0.4, 0.5) is 0 Å². The summed E-state index contributed by atoms with van der Waals surface area (Å²) in [4.78, 5) is 13.6. The molecule has 6 nitrogen and oxygen atoms in total. The van der Waals surface area contributed by atoms with Crippen molar-refractivity contribution in [3.05, 3.63) is 54.1 Å². The maximum Gasteiger partial charge on any atom is 0.325 e. The summed E-state index contributed by atoms with van der Waals surface area (Å²) < 4.78 is 16.8. The molecule has 0 saturated heterocycles. The van der Waals surface area contributed by atoms with Gasteiger partial charge in [0.2, 0.25) is 0 Å². The van der Waals surface area contributed by atoms with E-state index in [9.17, 15) is 9.90 Å². The first-order valence-electron chi connectivity index (χ1n) is 8.04. The number of para-hydroxylation sites is 2. The molecule has 0 fully saturated rings. The lowest BCUT2D eigenvalue weighted by molar-refractivity contribution is -0.143. The van der Waals surface area contributed by atoms with Crippen LogP contribution in [0.5, 0.6) is 17.2 Å². The number of hydrogen-bond donors (Lipinski definition) is 1. The van der Waals surface area contributed by atoms with Crippen molar-refractivity contribution in [1.82, 2.24) is 4.90 Å². The Bertz CT molecular complexity index is 748. The van der Waals surface area contributed by atoms with Gasteiger partial charge in [-0.25, -0.2) is 0 Å². The quantitative estimate of drug-likeness (QED) is 0.869. The van der Waals surface area contributed by atoms with Gasteiger partial charge < -0.3 is 19.3 Å². The molecule has 2 aromatic carbocycles. The van der Waals surface area contributed by atoms with Crippen molar-refractivity contribution in [2.45, 2.75) is 12.1 Å². The number of nitrogens with zero attached hydrogens (tertiary/aromatic N) is 1. The van der Waals surface area contributed by atoms with Gasteiger partial charge in [0, 0.05) is 6.54 Å². The predicted molar refractivity (Wildman–Crippen MR) is 92.4 cm³/mol. The number of benzene rings is 2. The predicted octanol–water partition coefficient (Wildman–Crippen LogP) is 2.59. The molecule has 0 amide bonds. The Morgan fingerprint density at radius 3 is 2.76 bits per heavy atom. The fourth-order valence-corrected chi connectivity index (χ4v) is 2.98. The van der Waals surface area contributed by atoms with E-state index < -0.39 is 12.0 Å². The Morgan fingerprint density at radius 1 is 1.28 bits per heavy atom. The molecule has 3 rings (SSSR count). The van der Waals surface area contributed by atoms with Crippen LogP contribution in [0.15, 0.2) is 48.5 Å². The molecule has 1 aliphatic rings. The molecule has 25 heavy (non-hydrogen) atoms. The molecular weight excluding hydrogens is 322 g/mol. The SMILES string of the molecule is COc1cccc(C(C(=O)O)N(C)CC2COc3ccccc3O2)c1. The van der Waals surface area contributed by atoms with E-state index in [-0.39, 0.29) is 6.10 Å². The maximum atomic E-state index is 11.8. The molecule has 2 aromatic rings. The molecular formula is C19H21NO5. The molecule has 0 aliphatic carbocycles. The van der Waals surface area contributed by atoms with Crippen LogP contribution in [0.25, 0.3) is 0 Å². The number of hydrogen-bond acceptors (Lipinski definition) is 5. The van der Waals surface area contributed by atoms with Gasteiger partial charge in [-0.3, -0.25) is 9.69 Å². The molecule has 1 aliphatic heterocycles. The van der Waals surface area contributed by atoms with Crippen molar-refractivity contribution in [2.75, 3.05) is 27.3 Å². The van der Waals surface area contributed by atoms with Crippen LogP contribution in [0.3, 0.4) is 0 Å². The third-order valence-electron chi connectivity index (χ3n) is 4.14. The zero-order valence-electron chi connectivity index (χ0n) is 14.2. The third-order valence-corrected chi connectivity index (χ3v) is 4.14. The number of methoxy groups -OCH3 is 1. The average molecular weight is 343 g/mol. The van der Waals surface area contributed by atoms with E-state index in [2.05, 4.69) is 0 Å². The largest absolute Gasteiger partial charge is 0.497 e. The normalized spacial score (nSPS) is 17.2. The van der Waals surface area contributed by atoms with E-state index in [4.69, 9.17) is 14.2 Å². The maximum absolute atomic E-state index is 11.8. The van der Waals surface area contributed by atoms with Crippen molar-refractivity contribution in [3.63, 3.8) is 0 Å². The zero-order valence-corrected chi connectivity index (χ0v) is 14.2. The summed E-state index contributed by atoms with van der Waals surface area (Å²) in [5.41, 5.74) is 0.659. The minimum absolute atomic E-state index is 0.243. The summed E-state index contributed by atoms with van der Waals surface area (Å²) in [6.45, 7) is 0.800. The van der Waals surface area contributed by atoms with Gasteiger partial charge in [0.25, 0.3) is 0 Å². The molecule has 0 aromatic heterocycles. The topological polar surface area (TPSA) is 68.2 Å². The minimum atomic E-state index is -0.923. The molecule has 132 valence electrons. The first kappa shape index (κ1) is 17.1. The van der Waals surface area contributed by atoms with E-state index in [1.807, 2.05) is 24.3 Å². The highest BCUT2D eigenvalue weighted by Crippen LogP contribution is 2.32. The molecule has 0 saturated carbocycles. The monoisotopic (exact) mass is 343 g/mol. The lowest BCUT2D eigenvalue weighted by Gasteiger charge is -2.32. The lowest BCUT2D eigenvalue weighted by atomic mass is 10.0. The van der Waals surface area contributed by atoms with Crippen LogP contribution < -0.4 is 14.2 Å². The second kappa shape index (κ2) is 7.44. The number of carbonyl (C=O) groups is 1. The first-order chi connectivity index (χ1) is 12.1. The van der Waals surface area contributed by atoms with Gasteiger partial charge in [0.05, 0.1) is 7.11 Å². The Labute approximate surface area is 146 Å². The van der Waals surface area contributed by atoms with Crippen molar-refractivity contribution in [1.29, 1.82) is 0 Å². The Hall–Kier alpha value is -2.73. The van der Waals surface area contributed by atoms with Crippen molar-refractivity contribution >= 4 is 5.97 Å². The summed E-state index contributed by atoms with van der Waals surface area (Å²) in [6, 6.07) is 13.8. The highest BCUT2D eigenvalue weighted by atomic mass is 16.6. The van der Waals surface area contributed by atoms with Crippen molar-refractivity contribution < 1.29 is 24.1 Å². The highest BCUT2D eigenvalue weighted by Gasteiger charge is 2.29. The van der Waals surface area contributed by atoms with Crippen LogP contribution in [0, 0.1) is 0 Å². The summed E-state index contributed by atoms with van der Waals surface area (Å²) in [5, 5.41) is 9.69. The first-order valence-corrected chi connectivity index (χ1v) is 8.04.